The highest BCUT2D eigenvalue weighted by Gasteiger charge is 2.35. The van der Waals surface area contributed by atoms with Crippen molar-refractivity contribution in [2.75, 3.05) is 17.5 Å². The average Bonchev–Trinajstić information content (AvgIpc) is 3.51. The number of rotatable bonds is 13. The number of amides is 2. The highest BCUT2D eigenvalue weighted by Crippen LogP contribution is 2.30. The van der Waals surface area contributed by atoms with Gasteiger partial charge >= 0.3 is 0 Å². The van der Waals surface area contributed by atoms with Crippen LogP contribution in [0.25, 0.3) is 0 Å². The minimum atomic E-state index is -4.25. The smallest absolute Gasteiger partial charge is 0.264 e. The fraction of sp³-hybridized carbons (Fsp3) is 0.375. The summed E-state index contributed by atoms with van der Waals surface area (Å²) in [6, 6.07) is 16.3. The van der Waals surface area contributed by atoms with Crippen LogP contribution in [0.15, 0.2) is 71.6 Å². The Labute approximate surface area is 274 Å². The second-order valence-electron chi connectivity index (χ2n) is 10.5. The number of carbonyl (C=O) groups is 2. The van der Waals surface area contributed by atoms with Gasteiger partial charge in [-0.25, -0.2) is 8.42 Å². The number of hydrogen-bond acceptors (Lipinski definition) is 5. The summed E-state index contributed by atoms with van der Waals surface area (Å²) in [5, 5.41) is 4.12. The minimum absolute atomic E-state index is 0.0306. The number of anilines is 1. The highest BCUT2D eigenvalue weighted by atomic mass is 35.5. The van der Waals surface area contributed by atoms with Crippen LogP contribution in [-0.4, -0.2) is 50.4 Å². The van der Waals surface area contributed by atoms with E-state index in [1.807, 2.05) is 13.8 Å². The number of carbonyl (C=O) groups excluding carboxylic acids is 2. The maximum Gasteiger partial charge on any atom is 0.264 e. The number of ether oxygens (including phenoxy) is 1. The van der Waals surface area contributed by atoms with Gasteiger partial charge in [0, 0.05) is 33.2 Å². The van der Waals surface area contributed by atoms with E-state index in [4.69, 9.17) is 39.5 Å². The molecule has 0 unspecified atom stereocenters. The molecule has 0 heterocycles. The summed E-state index contributed by atoms with van der Waals surface area (Å²) in [6.07, 6.45) is 4.09. The highest BCUT2D eigenvalue weighted by molar-refractivity contribution is 7.92. The first-order chi connectivity index (χ1) is 21.0. The first-order valence-electron chi connectivity index (χ1n) is 14.6. The van der Waals surface area contributed by atoms with Crippen molar-refractivity contribution in [2.24, 2.45) is 0 Å². The van der Waals surface area contributed by atoms with E-state index in [1.165, 1.54) is 29.2 Å². The third-order valence-corrected chi connectivity index (χ3v) is 10.3. The van der Waals surface area contributed by atoms with Gasteiger partial charge in [0.1, 0.15) is 18.3 Å². The standard InChI is InChI=1S/C32H36Cl3N3O5S/c1-3-30(32(40)36-23-8-5-6-9-23)37(20-27-28(34)10-7-11-29(27)35)31(39)21-38(24-14-16-25(17-15-24)43-4-2)44(41,42)26-18-12-22(33)13-19-26/h7,10-19,23,30H,3-6,8-9,20-21H2,1-2H3,(H,36,40)/t30-/m0/s1. The maximum atomic E-state index is 14.3. The molecule has 12 heteroatoms. The third kappa shape index (κ3) is 8.18. The van der Waals surface area contributed by atoms with Gasteiger partial charge in [-0.3, -0.25) is 13.9 Å². The van der Waals surface area contributed by atoms with E-state index in [0.29, 0.717) is 39.4 Å². The zero-order valence-corrected chi connectivity index (χ0v) is 27.7. The Kier molecular flexibility index (Phi) is 11.8. The fourth-order valence-electron chi connectivity index (χ4n) is 5.28. The summed E-state index contributed by atoms with van der Waals surface area (Å²) in [5.41, 5.74) is 0.709. The van der Waals surface area contributed by atoms with Gasteiger partial charge in [0.15, 0.2) is 0 Å². The lowest BCUT2D eigenvalue weighted by Crippen LogP contribution is -2.53. The van der Waals surface area contributed by atoms with E-state index in [2.05, 4.69) is 5.32 Å². The van der Waals surface area contributed by atoms with Crippen LogP contribution in [0.1, 0.15) is 51.5 Å². The molecule has 44 heavy (non-hydrogen) atoms. The lowest BCUT2D eigenvalue weighted by molar-refractivity contribution is -0.140. The van der Waals surface area contributed by atoms with Gasteiger partial charge < -0.3 is 15.0 Å². The van der Waals surface area contributed by atoms with E-state index in [9.17, 15) is 18.0 Å². The van der Waals surface area contributed by atoms with E-state index in [0.717, 1.165) is 30.0 Å². The molecule has 0 bridgehead atoms. The Morgan fingerprint density at radius 2 is 1.55 bits per heavy atom. The molecule has 1 N–H and O–H groups in total. The van der Waals surface area contributed by atoms with Gasteiger partial charge in [-0.2, -0.15) is 0 Å². The molecule has 4 rings (SSSR count). The summed E-state index contributed by atoms with van der Waals surface area (Å²) < 4.78 is 34.6. The predicted octanol–water partition coefficient (Wildman–Crippen LogP) is 7.11. The molecular formula is C32H36Cl3N3O5S. The molecule has 0 saturated heterocycles. The molecule has 1 atom stereocenters. The molecule has 1 saturated carbocycles. The number of hydrogen-bond donors (Lipinski definition) is 1. The van der Waals surface area contributed by atoms with Crippen LogP contribution >= 0.6 is 34.8 Å². The van der Waals surface area contributed by atoms with Crippen molar-refractivity contribution in [3.8, 4) is 5.75 Å². The van der Waals surface area contributed by atoms with Gasteiger partial charge in [-0.1, -0.05) is 60.6 Å². The van der Waals surface area contributed by atoms with Crippen LogP contribution in [-0.2, 0) is 26.2 Å². The second kappa shape index (κ2) is 15.3. The van der Waals surface area contributed by atoms with Gasteiger partial charge in [0.2, 0.25) is 11.8 Å². The third-order valence-electron chi connectivity index (χ3n) is 7.59. The molecular weight excluding hydrogens is 645 g/mol. The van der Waals surface area contributed by atoms with E-state index >= 15 is 0 Å². The number of nitrogens with one attached hydrogen (secondary N) is 1. The summed E-state index contributed by atoms with van der Waals surface area (Å²) in [6.45, 7) is 3.41. The zero-order chi connectivity index (χ0) is 31.9. The van der Waals surface area contributed by atoms with Crippen molar-refractivity contribution in [1.82, 2.24) is 10.2 Å². The van der Waals surface area contributed by atoms with Crippen molar-refractivity contribution in [2.45, 2.75) is 69.5 Å². The van der Waals surface area contributed by atoms with Crippen LogP contribution < -0.4 is 14.4 Å². The van der Waals surface area contributed by atoms with Crippen LogP contribution in [0.4, 0.5) is 5.69 Å². The number of halogens is 3. The average molecular weight is 681 g/mol. The van der Waals surface area contributed by atoms with Crippen molar-refractivity contribution in [3.05, 3.63) is 87.4 Å². The van der Waals surface area contributed by atoms with Crippen molar-refractivity contribution < 1.29 is 22.7 Å². The lowest BCUT2D eigenvalue weighted by atomic mass is 10.1. The molecule has 8 nitrogen and oxygen atoms in total. The molecule has 0 spiro atoms. The van der Waals surface area contributed by atoms with Crippen molar-refractivity contribution in [3.63, 3.8) is 0 Å². The Morgan fingerprint density at radius 3 is 2.11 bits per heavy atom. The predicted molar refractivity (Wildman–Crippen MR) is 175 cm³/mol. The Hall–Kier alpha value is -2.98. The fourth-order valence-corrected chi connectivity index (χ4v) is 7.34. The maximum absolute atomic E-state index is 14.3. The molecule has 1 aliphatic carbocycles. The van der Waals surface area contributed by atoms with Crippen LogP contribution in [0.5, 0.6) is 5.75 Å². The van der Waals surface area contributed by atoms with E-state index in [1.54, 1.807) is 42.5 Å². The second-order valence-corrected chi connectivity index (χ2v) is 13.6. The molecule has 3 aromatic rings. The van der Waals surface area contributed by atoms with E-state index < -0.39 is 28.5 Å². The van der Waals surface area contributed by atoms with Crippen molar-refractivity contribution in [1.29, 1.82) is 0 Å². The Balaban J connectivity index is 1.74. The van der Waals surface area contributed by atoms with Gasteiger partial charge in [-0.05, 0) is 86.8 Å². The minimum Gasteiger partial charge on any atom is -0.494 e. The molecule has 2 amide bonds. The van der Waals surface area contributed by atoms with Gasteiger partial charge in [-0.15, -0.1) is 0 Å². The summed E-state index contributed by atoms with van der Waals surface area (Å²) in [7, 11) is -4.25. The summed E-state index contributed by atoms with van der Waals surface area (Å²) in [5.74, 6) is -0.346. The number of nitrogens with zero attached hydrogens (tertiary/aromatic N) is 2. The summed E-state index contributed by atoms with van der Waals surface area (Å²) in [4.78, 5) is 29.2. The zero-order valence-electron chi connectivity index (χ0n) is 24.6. The van der Waals surface area contributed by atoms with Gasteiger partial charge in [0.05, 0.1) is 17.2 Å². The lowest BCUT2D eigenvalue weighted by Gasteiger charge is -2.34. The Morgan fingerprint density at radius 1 is 0.932 bits per heavy atom. The first kappa shape index (κ1) is 33.9. The molecule has 0 aromatic heterocycles. The van der Waals surface area contributed by atoms with Crippen molar-refractivity contribution >= 4 is 62.3 Å². The van der Waals surface area contributed by atoms with Crippen LogP contribution in [0.3, 0.4) is 0 Å². The molecule has 0 aliphatic heterocycles. The largest absolute Gasteiger partial charge is 0.494 e. The molecule has 236 valence electrons. The SMILES string of the molecule is CCOc1ccc(N(CC(=O)N(Cc2c(Cl)cccc2Cl)[C@@H](CC)C(=O)NC2CCCC2)S(=O)(=O)c2ccc(Cl)cc2)cc1. The normalized spacial score (nSPS) is 14.2. The quantitative estimate of drug-likeness (QED) is 0.208. The number of sulfonamides is 1. The monoisotopic (exact) mass is 679 g/mol. The number of benzene rings is 3. The molecule has 3 aromatic carbocycles. The van der Waals surface area contributed by atoms with E-state index in [-0.39, 0.29) is 29.1 Å². The molecule has 1 fully saturated rings. The molecule has 0 radical (unpaired) electrons. The van der Waals surface area contributed by atoms with Crippen LogP contribution in [0.2, 0.25) is 15.1 Å². The summed E-state index contributed by atoms with van der Waals surface area (Å²) >= 11 is 19.0. The van der Waals surface area contributed by atoms with Gasteiger partial charge in [0.25, 0.3) is 10.0 Å². The Bertz CT molecular complexity index is 1530. The van der Waals surface area contributed by atoms with Crippen LogP contribution in [0, 0.1) is 0 Å². The topological polar surface area (TPSA) is 96.0 Å². The first-order valence-corrected chi connectivity index (χ1v) is 17.2. The molecule has 1 aliphatic rings.